The first-order valence-electron chi connectivity index (χ1n) is 7.85. The van der Waals surface area contributed by atoms with Crippen LogP contribution in [0.4, 0.5) is 11.5 Å². The molecule has 25 heavy (non-hydrogen) atoms. The number of hydrogen-bond donors (Lipinski definition) is 1. The summed E-state index contributed by atoms with van der Waals surface area (Å²) in [6.45, 7) is 0.752. The lowest BCUT2D eigenvalue weighted by molar-refractivity contribution is -0.0298. The van der Waals surface area contributed by atoms with Crippen molar-refractivity contribution >= 4 is 61.8 Å². The normalized spacial score (nSPS) is 17.8. The van der Waals surface area contributed by atoms with Gasteiger partial charge in [0.05, 0.1) is 17.0 Å². The molecule has 0 amide bonds. The van der Waals surface area contributed by atoms with Crippen LogP contribution in [0.2, 0.25) is 10.0 Å². The fourth-order valence-corrected chi connectivity index (χ4v) is 3.65. The molecule has 0 bridgehead atoms. The predicted molar refractivity (Wildman–Crippen MR) is 102 cm³/mol. The number of hydrogen-bond acceptors (Lipinski definition) is 5. The van der Waals surface area contributed by atoms with Gasteiger partial charge in [-0.2, -0.15) is 0 Å². The Morgan fingerprint density at radius 1 is 1.24 bits per heavy atom. The molecule has 130 valence electrons. The first-order chi connectivity index (χ1) is 12.1. The number of nitrogens with zero attached hydrogens (tertiary/aromatic N) is 4. The van der Waals surface area contributed by atoms with E-state index in [1.54, 1.807) is 24.5 Å². The van der Waals surface area contributed by atoms with Crippen molar-refractivity contribution in [2.75, 3.05) is 11.9 Å². The molecule has 1 N–H and O–H groups in total. The summed E-state index contributed by atoms with van der Waals surface area (Å²) in [5.74, 6) is 0.565. The van der Waals surface area contributed by atoms with Crippen molar-refractivity contribution in [2.45, 2.75) is 25.5 Å². The van der Waals surface area contributed by atoms with Crippen molar-refractivity contribution in [1.29, 1.82) is 0 Å². The molecule has 1 aliphatic heterocycles. The standard InChI is InChI=1S/C16H14BrCl2N5O/c17-16-22-14(21-11-5-4-9(18)7-10(11)19)13-15(23-16)24(8-20-13)12-3-1-2-6-25-12/h4-5,7-8,12H,1-3,6H2,(H,21,22,23). The van der Waals surface area contributed by atoms with Gasteiger partial charge in [0, 0.05) is 11.6 Å². The van der Waals surface area contributed by atoms with Crippen molar-refractivity contribution in [1.82, 2.24) is 19.5 Å². The number of benzene rings is 1. The van der Waals surface area contributed by atoms with Crippen LogP contribution in [0.3, 0.4) is 0 Å². The molecule has 6 nitrogen and oxygen atoms in total. The molecule has 0 spiro atoms. The highest BCUT2D eigenvalue weighted by molar-refractivity contribution is 9.10. The molecule has 3 aromatic rings. The maximum absolute atomic E-state index is 6.25. The van der Waals surface area contributed by atoms with Crippen LogP contribution >= 0.6 is 39.1 Å². The van der Waals surface area contributed by atoms with E-state index >= 15 is 0 Å². The van der Waals surface area contributed by atoms with Gasteiger partial charge in [-0.1, -0.05) is 23.2 Å². The predicted octanol–water partition coefficient (Wildman–Crippen LogP) is 5.34. The molecular formula is C16H14BrCl2N5O. The number of ether oxygens (including phenoxy) is 1. The van der Waals surface area contributed by atoms with Crippen molar-refractivity contribution in [3.05, 3.63) is 39.3 Å². The zero-order chi connectivity index (χ0) is 17.4. The number of anilines is 2. The molecule has 1 atom stereocenters. The summed E-state index contributed by atoms with van der Waals surface area (Å²) >= 11 is 15.6. The Bertz CT molecular complexity index is 926. The molecule has 1 fully saturated rings. The summed E-state index contributed by atoms with van der Waals surface area (Å²) in [5, 5.41) is 4.29. The van der Waals surface area contributed by atoms with Gasteiger partial charge in [0.2, 0.25) is 4.73 Å². The van der Waals surface area contributed by atoms with Crippen molar-refractivity contribution < 1.29 is 4.74 Å². The summed E-state index contributed by atoms with van der Waals surface area (Å²) in [4.78, 5) is 13.4. The summed E-state index contributed by atoms with van der Waals surface area (Å²) in [5.41, 5.74) is 2.06. The molecule has 9 heteroatoms. The van der Waals surface area contributed by atoms with E-state index < -0.39 is 0 Å². The Hall–Kier alpha value is -1.41. The van der Waals surface area contributed by atoms with Crippen LogP contribution in [0.15, 0.2) is 29.3 Å². The van der Waals surface area contributed by atoms with E-state index in [1.807, 2.05) is 4.57 Å². The van der Waals surface area contributed by atoms with Gasteiger partial charge in [0.15, 0.2) is 17.0 Å². The quantitative estimate of drug-likeness (QED) is 0.554. The number of imidazole rings is 1. The van der Waals surface area contributed by atoms with Gasteiger partial charge in [-0.15, -0.1) is 0 Å². The van der Waals surface area contributed by atoms with Gasteiger partial charge < -0.3 is 10.1 Å². The second-order valence-corrected chi connectivity index (χ2v) is 7.29. The van der Waals surface area contributed by atoms with E-state index in [0.717, 1.165) is 25.9 Å². The van der Waals surface area contributed by atoms with Gasteiger partial charge in [-0.05, 0) is 53.4 Å². The molecule has 1 saturated heterocycles. The number of nitrogens with one attached hydrogen (secondary N) is 1. The highest BCUT2D eigenvalue weighted by Gasteiger charge is 2.21. The van der Waals surface area contributed by atoms with Crippen molar-refractivity contribution in [2.24, 2.45) is 0 Å². The van der Waals surface area contributed by atoms with Crippen LogP contribution in [0, 0.1) is 0 Å². The summed E-state index contributed by atoms with van der Waals surface area (Å²) in [6, 6.07) is 5.23. The van der Waals surface area contributed by atoms with E-state index in [2.05, 4.69) is 36.2 Å². The van der Waals surface area contributed by atoms with Crippen LogP contribution in [-0.4, -0.2) is 26.1 Å². The molecule has 1 aromatic carbocycles. The number of rotatable bonds is 3. The highest BCUT2D eigenvalue weighted by Crippen LogP contribution is 2.32. The highest BCUT2D eigenvalue weighted by atomic mass is 79.9. The molecule has 1 unspecified atom stereocenters. The van der Waals surface area contributed by atoms with E-state index in [-0.39, 0.29) is 6.23 Å². The van der Waals surface area contributed by atoms with E-state index in [1.165, 1.54) is 0 Å². The Morgan fingerprint density at radius 2 is 2.12 bits per heavy atom. The fourth-order valence-electron chi connectivity index (χ4n) is 2.85. The van der Waals surface area contributed by atoms with Gasteiger partial charge in [-0.3, -0.25) is 4.57 Å². The maximum atomic E-state index is 6.25. The van der Waals surface area contributed by atoms with Crippen LogP contribution < -0.4 is 5.32 Å². The molecule has 0 saturated carbocycles. The lowest BCUT2D eigenvalue weighted by Gasteiger charge is -2.23. The van der Waals surface area contributed by atoms with E-state index in [9.17, 15) is 0 Å². The number of halogens is 3. The smallest absolute Gasteiger partial charge is 0.200 e. The minimum absolute atomic E-state index is 0.0486. The largest absolute Gasteiger partial charge is 0.358 e. The molecule has 2 aromatic heterocycles. The average Bonchev–Trinajstić information content (AvgIpc) is 3.02. The summed E-state index contributed by atoms with van der Waals surface area (Å²) in [7, 11) is 0. The Labute approximate surface area is 162 Å². The zero-order valence-electron chi connectivity index (χ0n) is 13.0. The third-order valence-corrected chi connectivity index (χ3v) is 4.95. The first-order valence-corrected chi connectivity index (χ1v) is 9.40. The third-order valence-electron chi connectivity index (χ3n) is 4.04. The molecular weight excluding hydrogens is 429 g/mol. The molecule has 1 aliphatic rings. The number of fused-ring (bicyclic) bond motifs is 1. The third kappa shape index (κ3) is 3.46. The molecule has 0 aliphatic carbocycles. The van der Waals surface area contributed by atoms with Crippen LogP contribution in [-0.2, 0) is 4.74 Å². The van der Waals surface area contributed by atoms with Crippen LogP contribution in [0.5, 0.6) is 0 Å². The Balaban J connectivity index is 1.75. The second-order valence-electron chi connectivity index (χ2n) is 5.74. The van der Waals surface area contributed by atoms with Crippen molar-refractivity contribution in [3.63, 3.8) is 0 Å². The molecule has 4 rings (SSSR count). The fraction of sp³-hybridized carbons (Fsp3) is 0.312. The average molecular weight is 443 g/mol. The maximum Gasteiger partial charge on any atom is 0.200 e. The van der Waals surface area contributed by atoms with Gasteiger partial charge >= 0.3 is 0 Å². The second kappa shape index (κ2) is 7.07. The summed E-state index contributed by atoms with van der Waals surface area (Å²) in [6.07, 6.45) is 4.86. The first kappa shape index (κ1) is 17.0. The monoisotopic (exact) mass is 441 g/mol. The van der Waals surface area contributed by atoms with Crippen LogP contribution in [0.1, 0.15) is 25.5 Å². The van der Waals surface area contributed by atoms with Gasteiger partial charge in [-0.25, -0.2) is 15.0 Å². The van der Waals surface area contributed by atoms with Crippen molar-refractivity contribution in [3.8, 4) is 0 Å². The molecule has 3 heterocycles. The van der Waals surface area contributed by atoms with Gasteiger partial charge in [0.25, 0.3) is 0 Å². The number of aromatic nitrogens is 4. The Kier molecular flexibility index (Phi) is 4.82. The van der Waals surface area contributed by atoms with Crippen LogP contribution in [0.25, 0.3) is 11.2 Å². The van der Waals surface area contributed by atoms with E-state index in [0.29, 0.717) is 37.4 Å². The lowest BCUT2D eigenvalue weighted by atomic mass is 10.2. The zero-order valence-corrected chi connectivity index (χ0v) is 16.1. The minimum Gasteiger partial charge on any atom is -0.358 e. The lowest BCUT2D eigenvalue weighted by Crippen LogP contribution is -2.17. The summed E-state index contributed by atoms with van der Waals surface area (Å²) < 4.78 is 8.27. The minimum atomic E-state index is -0.0486. The SMILES string of the molecule is Clc1ccc(Nc2nc(Br)nc3c2ncn3C2CCCCO2)c(Cl)c1. The topological polar surface area (TPSA) is 64.9 Å². The Morgan fingerprint density at radius 3 is 2.88 bits per heavy atom. The van der Waals surface area contributed by atoms with Gasteiger partial charge in [0.1, 0.15) is 6.23 Å². The van der Waals surface area contributed by atoms with E-state index in [4.69, 9.17) is 27.9 Å². The molecule has 0 radical (unpaired) electrons.